The lowest BCUT2D eigenvalue weighted by Gasteiger charge is -2.10. The molecule has 2 heterocycles. The van der Waals surface area contributed by atoms with Gasteiger partial charge < -0.3 is 14.6 Å². The molecule has 3 rings (SSSR count). The molecule has 0 amide bonds. The fraction of sp³-hybridized carbons (Fsp3) is 0.286. The Hall–Kier alpha value is -2.28. The van der Waals surface area contributed by atoms with Crippen LogP contribution in [0.25, 0.3) is 11.3 Å². The lowest BCUT2D eigenvalue weighted by Crippen LogP contribution is -2.19. The number of carboxylic acid groups (broad SMARTS) is 1. The van der Waals surface area contributed by atoms with E-state index < -0.39 is 5.97 Å². The molecule has 0 unspecified atom stereocenters. The number of carbonyl (C=O) groups is 1. The SMILES string of the molecule is O=C(O)Cn1c(-c2ccc3c(c2)OCCCO3)csc1=O. The minimum atomic E-state index is -1.05. The summed E-state index contributed by atoms with van der Waals surface area (Å²) in [6.07, 6.45) is 0.812. The first-order valence-electron chi connectivity index (χ1n) is 6.45. The Balaban J connectivity index is 2.03. The molecule has 1 aliphatic heterocycles. The largest absolute Gasteiger partial charge is 0.490 e. The van der Waals surface area contributed by atoms with Crippen molar-refractivity contribution in [1.29, 1.82) is 0 Å². The van der Waals surface area contributed by atoms with Crippen molar-refractivity contribution in [2.24, 2.45) is 0 Å². The number of benzene rings is 1. The molecule has 0 saturated carbocycles. The Kier molecular flexibility index (Phi) is 3.66. The quantitative estimate of drug-likeness (QED) is 0.936. The lowest BCUT2D eigenvalue weighted by atomic mass is 10.1. The van der Waals surface area contributed by atoms with E-state index in [-0.39, 0.29) is 11.4 Å². The van der Waals surface area contributed by atoms with Crippen molar-refractivity contribution in [2.45, 2.75) is 13.0 Å². The summed E-state index contributed by atoms with van der Waals surface area (Å²) in [6, 6.07) is 5.36. The van der Waals surface area contributed by atoms with E-state index in [0.29, 0.717) is 30.4 Å². The number of rotatable bonds is 3. The van der Waals surface area contributed by atoms with Crippen LogP contribution in [0, 0.1) is 0 Å². The third kappa shape index (κ3) is 2.78. The third-order valence-corrected chi connectivity index (χ3v) is 3.88. The zero-order chi connectivity index (χ0) is 14.8. The number of aromatic nitrogens is 1. The van der Waals surface area contributed by atoms with Crippen LogP contribution in [-0.4, -0.2) is 28.9 Å². The molecule has 0 aliphatic carbocycles. The van der Waals surface area contributed by atoms with Gasteiger partial charge in [0.1, 0.15) is 6.54 Å². The van der Waals surface area contributed by atoms with Gasteiger partial charge in [0.15, 0.2) is 11.5 Å². The number of nitrogens with zero attached hydrogens (tertiary/aromatic N) is 1. The van der Waals surface area contributed by atoms with Crippen molar-refractivity contribution in [1.82, 2.24) is 4.57 Å². The molecule has 0 fully saturated rings. The Morgan fingerprint density at radius 1 is 1.29 bits per heavy atom. The second-order valence-corrected chi connectivity index (χ2v) is 5.40. The predicted molar refractivity (Wildman–Crippen MR) is 77.3 cm³/mol. The van der Waals surface area contributed by atoms with E-state index in [1.807, 2.05) is 0 Å². The molecule has 1 aromatic carbocycles. The number of carboxylic acids is 1. The molecule has 1 aliphatic rings. The van der Waals surface area contributed by atoms with Crippen LogP contribution in [0.4, 0.5) is 0 Å². The predicted octanol–water partition coefficient (Wildman–Crippen LogP) is 1.82. The summed E-state index contributed by atoms with van der Waals surface area (Å²) < 4.78 is 12.4. The Labute approximate surface area is 124 Å². The van der Waals surface area contributed by atoms with E-state index in [0.717, 1.165) is 23.3 Å². The monoisotopic (exact) mass is 307 g/mol. The standard InChI is InChI=1S/C14H13NO5S/c16-13(17)7-15-10(8-21-14(15)18)9-2-3-11-12(6-9)20-5-1-4-19-11/h2-3,6,8H,1,4-5,7H2,(H,16,17). The Bertz CT molecular complexity index is 733. The van der Waals surface area contributed by atoms with Gasteiger partial charge in [-0.1, -0.05) is 11.3 Å². The van der Waals surface area contributed by atoms with Crippen molar-refractivity contribution in [3.63, 3.8) is 0 Å². The van der Waals surface area contributed by atoms with Gasteiger partial charge in [0.25, 0.3) is 0 Å². The maximum absolute atomic E-state index is 11.8. The van der Waals surface area contributed by atoms with E-state index in [9.17, 15) is 9.59 Å². The van der Waals surface area contributed by atoms with Gasteiger partial charge in [-0.3, -0.25) is 14.2 Å². The van der Waals surface area contributed by atoms with Crippen LogP contribution < -0.4 is 14.3 Å². The first kappa shape index (κ1) is 13.7. The summed E-state index contributed by atoms with van der Waals surface area (Å²) in [7, 11) is 0. The zero-order valence-electron chi connectivity index (χ0n) is 11.1. The molecule has 1 N–H and O–H groups in total. The van der Waals surface area contributed by atoms with Gasteiger partial charge in [0.2, 0.25) is 0 Å². The van der Waals surface area contributed by atoms with E-state index >= 15 is 0 Å². The number of hydrogen-bond acceptors (Lipinski definition) is 5. The smallest absolute Gasteiger partial charge is 0.323 e. The third-order valence-electron chi connectivity index (χ3n) is 3.12. The second-order valence-electron chi connectivity index (χ2n) is 4.58. The molecule has 0 bridgehead atoms. The number of aliphatic carboxylic acids is 1. The minimum Gasteiger partial charge on any atom is -0.490 e. The highest BCUT2D eigenvalue weighted by Crippen LogP contribution is 2.34. The molecule has 21 heavy (non-hydrogen) atoms. The summed E-state index contributed by atoms with van der Waals surface area (Å²) in [5.41, 5.74) is 1.31. The number of ether oxygens (including phenoxy) is 2. The maximum Gasteiger partial charge on any atom is 0.323 e. The van der Waals surface area contributed by atoms with Crippen LogP contribution in [0.2, 0.25) is 0 Å². The Morgan fingerprint density at radius 3 is 2.81 bits per heavy atom. The molecule has 2 aromatic rings. The van der Waals surface area contributed by atoms with E-state index in [2.05, 4.69) is 0 Å². The van der Waals surface area contributed by atoms with Gasteiger partial charge in [0, 0.05) is 17.4 Å². The molecule has 0 radical (unpaired) electrons. The van der Waals surface area contributed by atoms with Crippen molar-refractivity contribution in [3.8, 4) is 22.8 Å². The average molecular weight is 307 g/mol. The van der Waals surface area contributed by atoms with Gasteiger partial charge in [-0.15, -0.1) is 0 Å². The average Bonchev–Trinajstić information content (AvgIpc) is 2.68. The van der Waals surface area contributed by atoms with E-state index in [4.69, 9.17) is 14.6 Å². The summed E-state index contributed by atoms with van der Waals surface area (Å²) in [5, 5.41) is 10.6. The molecule has 110 valence electrons. The summed E-state index contributed by atoms with van der Waals surface area (Å²) in [4.78, 5) is 22.3. The van der Waals surface area contributed by atoms with Gasteiger partial charge >= 0.3 is 10.8 Å². The van der Waals surface area contributed by atoms with Crippen LogP contribution in [-0.2, 0) is 11.3 Å². The Morgan fingerprint density at radius 2 is 2.05 bits per heavy atom. The molecule has 6 nitrogen and oxygen atoms in total. The van der Waals surface area contributed by atoms with Crippen LogP contribution in [0.15, 0.2) is 28.4 Å². The first-order valence-corrected chi connectivity index (χ1v) is 7.33. The van der Waals surface area contributed by atoms with Gasteiger partial charge in [0.05, 0.1) is 18.9 Å². The highest BCUT2D eigenvalue weighted by molar-refractivity contribution is 7.07. The zero-order valence-corrected chi connectivity index (χ0v) is 11.9. The number of thiazole rings is 1. The molecular formula is C14H13NO5S. The fourth-order valence-electron chi connectivity index (χ4n) is 2.16. The van der Waals surface area contributed by atoms with Crippen molar-refractivity contribution in [3.05, 3.63) is 33.2 Å². The van der Waals surface area contributed by atoms with Gasteiger partial charge in [-0.25, -0.2) is 0 Å². The summed E-state index contributed by atoms with van der Waals surface area (Å²) >= 11 is 0.981. The normalized spacial score (nSPS) is 13.7. The minimum absolute atomic E-state index is 0.292. The van der Waals surface area contributed by atoms with Crippen molar-refractivity contribution >= 4 is 17.3 Å². The molecule has 7 heteroatoms. The van der Waals surface area contributed by atoms with Crippen LogP contribution in [0.3, 0.4) is 0 Å². The van der Waals surface area contributed by atoms with Gasteiger partial charge in [-0.2, -0.15) is 0 Å². The lowest BCUT2D eigenvalue weighted by molar-refractivity contribution is -0.137. The van der Waals surface area contributed by atoms with Gasteiger partial charge in [-0.05, 0) is 18.2 Å². The molecule has 0 saturated heterocycles. The van der Waals surface area contributed by atoms with E-state index in [1.54, 1.807) is 23.6 Å². The second kappa shape index (κ2) is 5.61. The molecule has 1 aromatic heterocycles. The van der Waals surface area contributed by atoms with Crippen LogP contribution >= 0.6 is 11.3 Å². The van der Waals surface area contributed by atoms with E-state index in [1.165, 1.54) is 4.57 Å². The molecule has 0 atom stereocenters. The molecular weight excluding hydrogens is 294 g/mol. The summed E-state index contributed by atoms with van der Waals surface area (Å²) in [5.74, 6) is 0.232. The topological polar surface area (TPSA) is 77.8 Å². The van der Waals surface area contributed by atoms with Crippen LogP contribution in [0.1, 0.15) is 6.42 Å². The highest BCUT2D eigenvalue weighted by Gasteiger charge is 2.15. The highest BCUT2D eigenvalue weighted by atomic mass is 32.1. The first-order chi connectivity index (χ1) is 10.1. The van der Waals surface area contributed by atoms with Crippen molar-refractivity contribution in [2.75, 3.05) is 13.2 Å². The van der Waals surface area contributed by atoms with Crippen molar-refractivity contribution < 1.29 is 19.4 Å². The summed E-state index contributed by atoms with van der Waals surface area (Å²) in [6.45, 7) is 0.822. The van der Waals surface area contributed by atoms with Crippen LogP contribution in [0.5, 0.6) is 11.5 Å². The number of fused-ring (bicyclic) bond motifs is 1. The molecule has 0 spiro atoms. The fourth-order valence-corrected chi connectivity index (χ4v) is 2.93. The maximum atomic E-state index is 11.8. The number of hydrogen-bond donors (Lipinski definition) is 1.